The van der Waals surface area contributed by atoms with Crippen LogP contribution in [0, 0.1) is 6.92 Å². The zero-order chi connectivity index (χ0) is 22.7. The Morgan fingerprint density at radius 3 is 2.38 bits per heavy atom. The van der Waals surface area contributed by atoms with Gasteiger partial charge >= 0.3 is 0 Å². The number of allylic oxidation sites excluding steroid dienone is 1. The lowest BCUT2D eigenvalue weighted by molar-refractivity contribution is -0.111. The molecule has 0 unspecified atom stereocenters. The van der Waals surface area contributed by atoms with Crippen LogP contribution in [-0.4, -0.2) is 20.1 Å². The standard InChI is InChI=1S/C27H25NO4/c1-17(14-25(29)28-20-8-6-5-7-9-20)22-15-23-24(19-10-12-21(30-3)13-11-19)16-32-27(23)18(2)26(22)31-4/h5-16H,1-4H3,(H,28,29)/b17-14+. The van der Waals surface area contributed by atoms with Crippen molar-refractivity contribution < 1.29 is 18.7 Å². The molecule has 0 saturated heterocycles. The highest BCUT2D eigenvalue weighted by molar-refractivity contribution is 6.06. The summed E-state index contributed by atoms with van der Waals surface area (Å²) < 4.78 is 16.9. The average Bonchev–Trinajstić information content (AvgIpc) is 3.24. The molecule has 32 heavy (non-hydrogen) atoms. The smallest absolute Gasteiger partial charge is 0.248 e. The topological polar surface area (TPSA) is 60.7 Å². The number of rotatable bonds is 6. The summed E-state index contributed by atoms with van der Waals surface area (Å²) in [6.07, 6.45) is 3.34. The molecule has 1 aromatic heterocycles. The Bertz CT molecular complexity index is 1280. The van der Waals surface area contributed by atoms with Crippen LogP contribution < -0.4 is 14.8 Å². The minimum atomic E-state index is -0.198. The highest BCUT2D eigenvalue weighted by Crippen LogP contribution is 2.40. The van der Waals surface area contributed by atoms with Gasteiger partial charge in [-0.15, -0.1) is 0 Å². The van der Waals surface area contributed by atoms with Crippen LogP contribution in [0.25, 0.3) is 27.7 Å². The molecule has 0 spiro atoms. The summed E-state index contributed by atoms with van der Waals surface area (Å²) in [6.45, 7) is 3.87. The van der Waals surface area contributed by atoms with Crippen LogP contribution in [0.15, 0.2) is 77.4 Å². The SMILES string of the molecule is COc1ccc(-c2coc3c(C)c(OC)c(/C(C)=C/C(=O)Nc4ccccc4)cc23)cc1. The molecular formula is C27H25NO4. The second kappa shape index (κ2) is 9.02. The fraction of sp³-hybridized carbons (Fsp3) is 0.148. The van der Waals surface area contributed by atoms with E-state index < -0.39 is 0 Å². The highest BCUT2D eigenvalue weighted by atomic mass is 16.5. The van der Waals surface area contributed by atoms with E-state index in [0.717, 1.165) is 50.2 Å². The van der Waals surface area contributed by atoms with Gasteiger partial charge in [-0.25, -0.2) is 0 Å². The Morgan fingerprint density at radius 2 is 1.72 bits per heavy atom. The number of methoxy groups -OCH3 is 2. The minimum absolute atomic E-state index is 0.198. The molecule has 3 aromatic carbocycles. The maximum Gasteiger partial charge on any atom is 0.248 e. The molecule has 1 heterocycles. The number of hydrogen-bond acceptors (Lipinski definition) is 4. The van der Waals surface area contributed by atoms with Gasteiger partial charge in [-0.1, -0.05) is 30.3 Å². The van der Waals surface area contributed by atoms with E-state index >= 15 is 0 Å². The molecule has 1 amide bonds. The third kappa shape index (κ3) is 4.10. The van der Waals surface area contributed by atoms with Crippen molar-refractivity contribution in [3.8, 4) is 22.6 Å². The van der Waals surface area contributed by atoms with Crippen molar-refractivity contribution in [2.24, 2.45) is 0 Å². The number of carbonyl (C=O) groups excluding carboxylic acids is 1. The molecule has 162 valence electrons. The molecule has 5 heteroatoms. The van der Waals surface area contributed by atoms with Crippen molar-refractivity contribution in [1.82, 2.24) is 0 Å². The first-order chi connectivity index (χ1) is 15.5. The molecular weight excluding hydrogens is 402 g/mol. The number of carbonyl (C=O) groups is 1. The number of anilines is 1. The molecule has 0 aliphatic carbocycles. The Morgan fingerprint density at radius 1 is 1.00 bits per heavy atom. The van der Waals surface area contributed by atoms with Crippen LogP contribution in [0.4, 0.5) is 5.69 Å². The fourth-order valence-electron chi connectivity index (χ4n) is 3.84. The van der Waals surface area contributed by atoms with Gasteiger partial charge in [0.1, 0.15) is 17.1 Å². The molecule has 0 aliphatic rings. The lowest BCUT2D eigenvalue weighted by Gasteiger charge is -2.13. The molecule has 0 aliphatic heterocycles. The molecule has 0 saturated carbocycles. The lowest BCUT2D eigenvalue weighted by Crippen LogP contribution is -2.08. The van der Waals surface area contributed by atoms with Crippen molar-refractivity contribution in [3.05, 3.63) is 84.1 Å². The summed E-state index contributed by atoms with van der Waals surface area (Å²) in [6, 6.07) is 19.2. The van der Waals surface area contributed by atoms with Gasteiger partial charge in [0.25, 0.3) is 0 Å². The third-order valence-corrected chi connectivity index (χ3v) is 5.46. The van der Waals surface area contributed by atoms with Gasteiger partial charge in [-0.2, -0.15) is 0 Å². The predicted molar refractivity (Wildman–Crippen MR) is 128 cm³/mol. The number of hydrogen-bond donors (Lipinski definition) is 1. The largest absolute Gasteiger partial charge is 0.497 e. The number of aryl methyl sites for hydroxylation is 1. The molecule has 1 N–H and O–H groups in total. The van der Waals surface area contributed by atoms with E-state index in [0.29, 0.717) is 5.75 Å². The van der Waals surface area contributed by atoms with E-state index in [-0.39, 0.29) is 5.91 Å². The monoisotopic (exact) mass is 427 g/mol. The van der Waals surface area contributed by atoms with Crippen LogP contribution in [0.2, 0.25) is 0 Å². The van der Waals surface area contributed by atoms with E-state index in [1.807, 2.05) is 74.5 Å². The molecule has 0 atom stereocenters. The van der Waals surface area contributed by atoms with Crippen molar-refractivity contribution >= 4 is 28.1 Å². The number of ether oxygens (including phenoxy) is 2. The molecule has 0 bridgehead atoms. The van der Waals surface area contributed by atoms with E-state index in [2.05, 4.69) is 5.32 Å². The van der Waals surface area contributed by atoms with Crippen molar-refractivity contribution in [1.29, 1.82) is 0 Å². The van der Waals surface area contributed by atoms with E-state index in [9.17, 15) is 4.79 Å². The first kappa shape index (κ1) is 21.2. The van der Waals surface area contributed by atoms with Crippen LogP contribution >= 0.6 is 0 Å². The Kier molecular flexibility index (Phi) is 5.99. The highest BCUT2D eigenvalue weighted by Gasteiger charge is 2.19. The van der Waals surface area contributed by atoms with Crippen LogP contribution in [0.3, 0.4) is 0 Å². The summed E-state index contributed by atoms with van der Waals surface area (Å²) in [5.41, 5.74) is 6.02. The van der Waals surface area contributed by atoms with Gasteiger partial charge < -0.3 is 19.2 Å². The number of benzene rings is 3. The van der Waals surface area contributed by atoms with Crippen LogP contribution in [0.1, 0.15) is 18.1 Å². The second-order valence-electron chi connectivity index (χ2n) is 7.52. The van der Waals surface area contributed by atoms with Crippen LogP contribution in [-0.2, 0) is 4.79 Å². The third-order valence-electron chi connectivity index (χ3n) is 5.46. The van der Waals surface area contributed by atoms with Gasteiger partial charge in [0, 0.05) is 33.8 Å². The van der Waals surface area contributed by atoms with Gasteiger partial charge in [-0.05, 0) is 55.3 Å². The lowest BCUT2D eigenvalue weighted by atomic mass is 9.96. The van der Waals surface area contributed by atoms with E-state index in [1.165, 1.54) is 0 Å². The number of furan rings is 1. The van der Waals surface area contributed by atoms with Crippen molar-refractivity contribution in [2.75, 3.05) is 19.5 Å². The Labute approximate surface area is 187 Å². The Balaban J connectivity index is 1.76. The first-order valence-electron chi connectivity index (χ1n) is 10.3. The predicted octanol–water partition coefficient (Wildman–Crippen LogP) is 6.47. The maximum absolute atomic E-state index is 12.6. The molecule has 4 aromatic rings. The molecule has 4 rings (SSSR count). The summed E-state index contributed by atoms with van der Waals surface area (Å²) in [5, 5.41) is 3.85. The normalized spacial score (nSPS) is 11.4. The number of nitrogens with one attached hydrogen (secondary N) is 1. The number of para-hydroxylation sites is 1. The van der Waals surface area contributed by atoms with Gasteiger partial charge in [0.05, 0.1) is 20.5 Å². The molecule has 0 radical (unpaired) electrons. The number of fused-ring (bicyclic) bond motifs is 1. The fourth-order valence-corrected chi connectivity index (χ4v) is 3.84. The van der Waals surface area contributed by atoms with Crippen molar-refractivity contribution in [3.63, 3.8) is 0 Å². The van der Waals surface area contributed by atoms with Gasteiger partial charge in [-0.3, -0.25) is 4.79 Å². The zero-order valence-electron chi connectivity index (χ0n) is 18.6. The average molecular weight is 428 g/mol. The van der Waals surface area contributed by atoms with Crippen LogP contribution in [0.5, 0.6) is 11.5 Å². The van der Waals surface area contributed by atoms with E-state index in [1.54, 1.807) is 26.6 Å². The van der Waals surface area contributed by atoms with Gasteiger partial charge in [0.15, 0.2) is 0 Å². The van der Waals surface area contributed by atoms with Gasteiger partial charge in [0.2, 0.25) is 5.91 Å². The maximum atomic E-state index is 12.6. The van der Waals surface area contributed by atoms with E-state index in [4.69, 9.17) is 13.9 Å². The Hall–Kier alpha value is -3.99. The quantitative estimate of drug-likeness (QED) is 0.358. The summed E-state index contributed by atoms with van der Waals surface area (Å²) in [4.78, 5) is 12.6. The summed E-state index contributed by atoms with van der Waals surface area (Å²) in [5.74, 6) is 1.29. The second-order valence-corrected chi connectivity index (χ2v) is 7.52. The molecule has 0 fully saturated rings. The number of amides is 1. The summed E-state index contributed by atoms with van der Waals surface area (Å²) >= 11 is 0. The first-order valence-corrected chi connectivity index (χ1v) is 10.3. The van der Waals surface area contributed by atoms with Crippen molar-refractivity contribution in [2.45, 2.75) is 13.8 Å². The zero-order valence-corrected chi connectivity index (χ0v) is 18.6. The molecule has 5 nitrogen and oxygen atoms in total. The summed E-state index contributed by atoms with van der Waals surface area (Å²) in [7, 11) is 3.27. The minimum Gasteiger partial charge on any atom is -0.497 e.